The van der Waals surface area contributed by atoms with Gasteiger partial charge in [-0.15, -0.1) is 0 Å². The van der Waals surface area contributed by atoms with Gasteiger partial charge in [0.1, 0.15) is 6.61 Å². The van der Waals surface area contributed by atoms with Crippen LogP contribution >= 0.6 is 0 Å². The number of hydrogen-bond donors (Lipinski definition) is 1. The minimum absolute atomic E-state index is 0.0274. The van der Waals surface area contributed by atoms with E-state index < -0.39 is 0 Å². The van der Waals surface area contributed by atoms with Crippen molar-refractivity contribution in [3.8, 4) is 5.88 Å². The number of fused-ring (bicyclic) bond motifs is 1. The molecule has 1 N–H and O–H groups in total. The van der Waals surface area contributed by atoms with E-state index in [9.17, 15) is 4.79 Å². The molecule has 1 amide bonds. The van der Waals surface area contributed by atoms with Crippen molar-refractivity contribution < 1.29 is 14.3 Å². The molecule has 1 heterocycles. The second-order valence-corrected chi connectivity index (χ2v) is 7.73. The van der Waals surface area contributed by atoms with Crippen LogP contribution in [0.15, 0.2) is 60.2 Å². The molecule has 0 fully saturated rings. The number of nitrogens with zero attached hydrogens (tertiary/aromatic N) is 1. The number of nitrogens with one attached hydrogen (secondary N) is 1. The predicted molar refractivity (Wildman–Crippen MR) is 123 cm³/mol. The maximum Gasteiger partial charge on any atom is 0.244 e. The van der Waals surface area contributed by atoms with Gasteiger partial charge in [0.25, 0.3) is 0 Å². The fourth-order valence-corrected chi connectivity index (χ4v) is 2.78. The highest BCUT2D eigenvalue weighted by atomic mass is 16.5. The SMILES string of the molecule is CC(C=CCCCCOCCOc1ccc2ccccc2n1)=CC(=O)NCC(C)C. The zero-order valence-corrected chi connectivity index (χ0v) is 18.4. The second-order valence-electron chi connectivity index (χ2n) is 7.73. The number of unbranched alkanes of at least 4 members (excludes halogenated alkanes) is 2. The number of aromatic nitrogens is 1. The first kappa shape index (κ1) is 23.6. The lowest BCUT2D eigenvalue weighted by molar-refractivity contribution is -0.116. The monoisotopic (exact) mass is 410 g/mol. The average molecular weight is 411 g/mol. The van der Waals surface area contributed by atoms with Gasteiger partial charge >= 0.3 is 0 Å². The average Bonchev–Trinajstić information content (AvgIpc) is 2.73. The number of para-hydroxylation sites is 1. The van der Waals surface area contributed by atoms with Crippen LogP contribution in [0.2, 0.25) is 0 Å². The molecule has 0 aliphatic rings. The van der Waals surface area contributed by atoms with Gasteiger partial charge < -0.3 is 14.8 Å². The highest BCUT2D eigenvalue weighted by Crippen LogP contribution is 2.15. The molecule has 0 bridgehead atoms. The third kappa shape index (κ3) is 9.70. The summed E-state index contributed by atoms with van der Waals surface area (Å²) in [6.45, 7) is 8.57. The molecule has 162 valence electrons. The van der Waals surface area contributed by atoms with Crippen molar-refractivity contribution in [3.05, 3.63) is 60.2 Å². The maximum absolute atomic E-state index is 11.7. The largest absolute Gasteiger partial charge is 0.475 e. The number of carbonyl (C=O) groups is 1. The van der Waals surface area contributed by atoms with Crippen LogP contribution in [0.4, 0.5) is 0 Å². The Morgan fingerprint density at radius 1 is 1.10 bits per heavy atom. The van der Waals surface area contributed by atoms with E-state index in [-0.39, 0.29) is 5.91 Å². The number of hydrogen-bond acceptors (Lipinski definition) is 4. The van der Waals surface area contributed by atoms with Gasteiger partial charge in [-0.2, -0.15) is 0 Å². The van der Waals surface area contributed by atoms with Gasteiger partial charge in [-0.1, -0.05) is 44.2 Å². The van der Waals surface area contributed by atoms with Gasteiger partial charge in [-0.3, -0.25) is 4.79 Å². The summed E-state index contributed by atoms with van der Waals surface area (Å²) in [7, 11) is 0. The third-order valence-electron chi connectivity index (χ3n) is 4.38. The Kier molecular flexibility index (Phi) is 10.7. The first-order valence-corrected chi connectivity index (χ1v) is 10.7. The lowest BCUT2D eigenvalue weighted by Gasteiger charge is -2.07. The number of amides is 1. The fourth-order valence-electron chi connectivity index (χ4n) is 2.78. The van der Waals surface area contributed by atoms with E-state index in [4.69, 9.17) is 9.47 Å². The molecule has 0 spiro atoms. The summed E-state index contributed by atoms with van der Waals surface area (Å²) in [5.74, 6) is 1.06. The first-order chi connectivity index (χ1) is 14.5. The zero-order chi connectivity index (χ0) is 21.6. The molecular weight excluding hydrogens is 376 g/mol. The number of pyridine rings is 1. The van der Waals surface area contributed by atoms with E-state index in [0.29, 0.717) is 31.6 Å². The molecule has 2 aromatic rings. The third-order valence-corrected chi connectivity index (χ3v) is 4.38. The van der Waals surface area contributed by atoms with Crippen molar-refractivity contribution in [2.45, 2.75) is 40.0 Å². The molecule has 30 heavy (non-hydrogen) atoms. The Hall–Kier alpha value is -2.66. The van der Waals surface area contributed by atoms with E-state index in [1.807, 2.05) is 49.4 Å². The Morgan fingerprint density at radius 2 is 1.93 bits per heavy atom. The minimum atomic E-state index is -0.0274. The van der Waals surface area contributed by atoms with E-state index in [2.05, 4.69) is 30.2 Å². The number of benzene rings is 1. The quantitative estimate of drug-likeness (QED) is 0.284. The molecule has 0 saturated carbocycles. The molecule has 1 aromatic heterocycles. The van der Waals surface area contributed by atoms with Gasteiger partial charge in [0, 0.05) is 30.7 Å². The smallest absolute Gasteiger partial charge is 0.244 e. The van der Waals surface area contributed by atoms with Gasteiger partial charge in [-0.05, 0) is 49.8 Å². The summed E-state index contributed by atoms with van der Waals surface area (Å²) in [6.07, 6.45) is 8.77. The van der Waals surface area contributed by atoms with Gasteiger partial charge in [0.2, 0.25) is 11.8 Å². The topological polar surface area (TPSA) is 60.5 Å². The van der Waals surface area contributed by atoms with E-state index in [0.717, 1.165) is 42.3 Å². The van der Waals surface area contributed by atoms with Crippen LogP contribution in [0.5, 0.6) is 5.88 Å². The normalized spacial score (nSPS) is 12.1. The number of ether oxygens (including phenoxy) is 2. The Labute approximate surface area is 180 Å². The second kappa shape index (κ2) is 13.5. The summed E-state index contributed by atoms with van der Waals surface area (Å²) >= 11 is 0. The van der Waals surface area contributed by atoms with Crippen molar-refractivity contribution in [1.82, 2.24) is 10.3 Å². The van der Waals surface area contributed by atoms with Crippen LogP contribution in [0.3, 0.4) is 0 Å². The maximum atomic E-state index is 11.7. The summed E-state index contributed by atoms with van der Waals surface area (Å²) < 4.78 is 11.3. The molecule has 0 radical (unpaired) electrons. The Morgan fingerprint density at radius 3 is 2.77 bits per heavy atom. The summed E-state index contributed by atoms with van der Waals surface area (Å²) in [4.78, 5) is 16.2. The van der Waals surface area contributed by atoms with Crippen molar-refractivity contribution >= 4 is 16.8 Å². The van der Waals surface area contributed by atoms with Crippen LogP contribution in [0.25, 0.3) is 10.9 Å². The lowest BCUT2D eigenvalue weighted by Crippen LogP contribution is -2.25. The Bertz CT molecular complexity index is 843. The van der Waals surface area contributed by atoms with Gasteiger partial charge in [-0.25, -0.2) is 4.98 Å². The highest BCUT2D eigenvalue weighted by molar-refractivity contribution is 5.88. The van der Waals surface area contributed by atoms with E-state index in [1.165, 1.54) is 0 Å². The van der Waals surface area contributed by atoms with Crippen molar-refractivity contribution in [1.29, 1.82) is 0 Å². The molecule has 0 atom stereocenters. The lowest BCUT2D eigenvalue weighted by atomic mass is 10.2. The zero-order valence-electron chi connectivity index (χ0n) is 18.4. The van der Waals surface area contributed by atoms with Crippen molar-refractivity contribution in [3.63, 3.8) is 0 Å². The number of allylic oxidation sites excluding steroid dienone is 3. The highest BCUT2D eigenvalue weighted by Gasteiger charge is 1.99. The minimum Gasteiger partial charge on any atom is -0.475 e. The van der Waals surface area contributed by atoms with E-state index in [1.54, 1.807) is 6.08 Å². The molecule has 1 aromatic carbocycles. The van der Waals surface area contributed by atoms with Crippen LogP contribution < -0.4 is 10.1 Å². The van der Waals surface area contributed by atoms with Crippen LogP contribution in [-0.4, -0.2) is 37.3 Å². The number of rotatable bonds is 13. The molecule has 0 aliphatic carbocycles. The summed E-state index contributed by atoms with van der Waals surface area (Å²) in [5.41, 5.74) is 1.90. The standard InChI is InChI=1S/C25H34N2O3/c1-20(2)19-26-24(28)18-21(3)10-6-4-5-9-15-29-16-17-30-25-14-13-22-11-7-8-12-23(22)27-25/h6-8,10-14,18,20H,4-5,9,15-17,19H2,1-3H3,(H,26,28). The van der Waals surface area contributed by atoms with Crippen LogP contribution in [-0.2, 0) is 9.53 Å². The predicted octanol–water partition coefficient (Wildman–Crippen LogP) is 5.08. The van der Waals surface area contributed by atoms with E-state index >= 15 is 0 Å². The molecular formula is C25H34N2O3. The number of carbonyl (C=O) groups excluding carboxylic acids is 1. The fraction of sp³-hybridized carbons (Fsp3) is 0.440. The van der Waals surface area contributed by atoms with Crippen molar-refractivity contribution in [2.24, 2.45) is 5.92 Å². The van der Waals surface area contributed by atoms with Gasteiger partial charge in [0.05, 0.1) is 12.1 Å². The van der Waals surface area contributed by atoms with Crippen LogP contribution in [0.1, 0.15) is 40.0 Å². The molecule has 5 nitrogen and oxygen atoms in total. The molecule has 0 saturated heterocycles. The molecule has 2 rings (SSSR count). The van der Waals surface area contributed by atoms with Gasteiger partial charge in [0.15, 0.2) is 0 Å². The first-order valence-electron chi connectivity index (χ1n) is 10.7. The molecule has 5 heteroatoms. The van der Waals surface area contributed by atoms with Crippen molar-refractivity contribution in [2.75, 3.05) is 26.4 Å². The summed E-state index contributed by atoms with van der Waals surface area (Å²) in [5, 5.41) is 3.99. The molecule has 0 unspecified atom stereocenters. The summed E-state index contributed by atoms with van der Waals surface area (Å²) in [6, 6.07) is 11.9. The van der Waals surface area contributed by atoms with Crippen LogP contribution in [0, 0.1) is 5.92 Å². The Balaban J connectivity index is 1.50. The molecule has 0 aliphatic heterocycles.